The zero-order chi connectivity index (χ0) is 17.9. The fraction of sp³-hybridized carbons (Fsp3) is 0.385. The second-order valence-electron chi connectivity index (χ2n) is 8.86. The van der Waals surface area contributed by atoms with E-state index >= 15 is 0 Å². The van der Waals surface area contributed by atoms with Crippen molar-refractivity contribution < 1.29 is 47.7 Å². The van der Waals surface area contributed by atoms with Gasteiger partial charge in [0.2, 0.25) is 0 Å². The molecule has 0 bridgehead atoms. The molecule has 4 aliphatic rings. The Kier molecular flexibility index (Phi) is 6.06. The van der Waals surface area contributed by atoms with Gasteiger partial charge in [0, 0.05) is 0 Å². The molecule has 2 fully saturated rings. The third-order valence-electron chi connectivity index (χ3n) is 7.52. The van der Waals surface area contributed by atoms with Crippen LogP contribution >= 0.6 is 0 Å². The average molecular weight is 588 g/mol. The Labute approximate surface area is 198 Å². The number of hydrogen-bond acceptors (Lipinski definition) is 0. The Morgan fingerprint density at radius 3 is 1.52 bits per heavy atom. The average Bonchev–Trinajstić information content (AvgIpc) is 3.21. The molecule has 0 aliphatic heterocycles. The van der Waals surface area contributed by atoms with E-state index in [1.165, 1.54) is 51.4 Å². The molecule has 2 saturated carbocycles. The summed E-state index contributed by atoms with van der Waals surface area (Å²) >= 11 is -1.10. The van der Waals surface area contributed by atoms with Crippen LogP contribution in [0.4, 0.5) is 0 Å². The summed E-state index contributed by atoms with van der Waals surface area (Å²) in [7, 11) is 0. The van der Waals surface area contributed by atoms with Crippen molar-refractivity contribution in [1.82, 2.24) is 0 Å². The van der Waals surface area contributed by atoms with E-state index in [9.17, 15) is 0 Å². The normalized spacial score (nSPS) is 28.3. The molecule has 148 valence electrons. The van der Waals surface area contributed by atoms with Crippen molar-refractivity contribution in [2.75, 3.05) is 0 Å². The molecule has 0 heterocycles. The fourth-order valence-electron chi connectivity index (χ4n) is 6.35. The largest absolute Gasteiger partial charge is 1.00 e. The summed E-state index contributed by atoms with van der Waals surface area (Å²) in [4.78, 5) is 0. The van der Waals surface area contributed by atoms with Gasteiger partial charge in [0.1, 0.15) is 0 Å². The monoisotopic (exact) mass is 588 g/mol. The van der Waals surface area contributed by atoms with Gasteiger partial charge in [-0.1, -0.05) is 0 Å². The van der Waals surface area contributed by atoms with Crippen LogP contribution in [0.3, 0.4) is 0 Å². The van der Waals surface area contributed by atoms with Gasteiger partial charge < -0.3 is 24.8 Å². The van der Waals surface area contributed by atoms with Crippen LogP contribution in [0.2, 0.25) is 0 Å². The van der Waals surface area contributed by atoms with Gasteiger partial charge in [-0.25, -0.2) is 0 Å². The molecule has 3 heteroatoms. The molecule has 0 spiro atoms. The molecule has 4 aliphatic carbocycles. The van der Waals surface area contributed by atoms with Gasteiger partial charge in [0.25, 0.3) is 0 Å². The minimum Gasteiger partial charge on any atom is -1.00 e. The van der Waals surface area contributed by atoms with Crippen LogP contribution in [0.5, 0.6) is 0 Å². The molecule has 0 N–H and O–H groups in total. The smallest absolute Gasteiger partial charge is 1.00 e. The maximum atomic E-state index is 2.60. The number of halogens is 2. The van der Waals surface area contributed by atoms with Gasteiger partial charge in [0.05, 0.1) is 0 Å². The molecule has 0 aromatic heterocycles. The Morgan fingerprint density at radius 1 is 0.586 bits per heavy atom. The van der Waals surface area contributed by atoms with Crippen molar-refractivity contribution in [2.24, 2.45) is 0 Å². The van der Waals surface area contributed by atoms with Crippen molar-refractivity contribution >= 4 is 12.2 Å². The predicted molar refractivity (Wildman–Crippen MR) is 109 cm³/mol. The van der Waals surface area contributed by atoms with Crippen LogP contribution in [-0.4, -0.2) is 0 Å². The number of allylic oxidation sites excluding steroid dienone is 2. The van der Waals surface area contributed by atoms with Crippen molar-refractivity contribution in [3.05, 3.63) is 81.9 Å². The number of benzene rings is 2. The van der Waals surface area contributed by atoms with Crippen LogP contribution in [0.25, 0.3) is 12.2 Å². The molecule has 29 heavy (non-hydrogen) atoms. The summed E-state index contributed by atoms with van der Waals surface area (Å²) in [6.07, 6.45) is 16.4. The van der Waals surface area contributed by atoms with Gasteiger partial charge in [-0.3, -0.25) is 0 Å². The van der Waals surface area contributed by atoms with Gasteiger partial charge in [-0.05, 0) is 0 Å². The van der Waals surface area contributed by atoms with Crippen LogP contribution in [0.15, 0.2) is 59.7 Å². The third-order valence-corrected chi connectivity index (χ3v) is 16.6. The standard InChI is InChI=1S/2C13H13.2ClH.Hf/c2*1-3-7-12-10(5-1)9-11-6-2-4-8-13(11)12;;;/h2*1,3,5,7,9H,2,4,6,8H2;2*1H;/q;;;;+2/p-2. The number of hydrogen-bond donors (Lipinski definition) is 0. The van der Waals surface area contributed by atoms with E-state index in [-0.39, 0.29) is 24.8 Å². The van der Waals surface area contributed by atoms with E-state index < -0.39 is 22.9 Å². The van der Waals surface area contributed by atoms with Crippen LogP contribution in [0.1, 0.15) is 73.6 Å². The van der Waals surface area contributed by atoms with E-state index in [2.05, 4.69) is 60.7 Å². The number of rotatable bonds is 2. The van der Waals surface area contributed by atoms with E-state index in [1.807, 2.05) is 11.1 Å². The maximum Gasteiger partial charge on any atom is -1.00 e. The van der Waals surface area contributed by atoms with Crippen molar-refractivity contribution in [3.63, 3.8) is 0 Å². The summed E-state index contributed by atoms with van der Waals surface area (Å²) in [5.74, 6) is 0. The van der Waals surface area contributed by atoms with Crippen molar-refractivity contribution in [1.29, 1.82) is 0 Å². The van der Waals surface area contributed by atoms with Crippen LogP contribution in [-0.2, 0) is 29.2 Å². The zero-order valence-corrected chi connectivity index (χ0v) is 21.8. The Hall–Kier alpha value is -0.630. The second kappa shape index (κ2) is 8.13. The van der Waals surface area contributed by atoms with Gasteiger partial charge in [-0.2, -0.15) is 0 Å². The third kappa shape index (κ3) is 3.10. The molecule has 0 radical (unpaired) electrons. The maximum absolute atomic E-state index is 2.60. The summed E-state index contributed by atoms with van der Waals surface area (Å²) in [6, 6.07) is 18.8. The molecule has 2 aromatic rings. The Bertz CT molecular complexity index is 912. The topological polar surface area (TPSA) is 0 Å². The summed E-state index contributed by atoms with van der Waals surface area (Å²) in [5, 5.41) is 0. The summed E-state index contributed by atoms with van der Waals surface area (Å²) in [6.45, 7) is 0. The molecule has 2 aromatic carbocycles. The SMILES string of the molecule is C1=C2CCCC[C]2([Hf+2][C]23CCCCC2=Cc2ccccc23)c2ccccc21.[Cl-].[Cl-]. The summed E-state index contributed by atoms with van der Waals surface area (Å²) < 4.78 is 0.950. The first-order chi connectivity index (χ1) is 13.3. The molecule has 6 rings (SSSR count). The van der Waals surface area contributed by atoms with Crippen molar-refractivity contribution in [3.8, 4) is 0 Å². The Balaban J connectivity index is 0.00000102. The van der Waals surface area contributed by atoms with Gasteiger partial charge in [0.15, 0.2) is 0 Å². The van der Waals surface area contributed by atoms with Gasteiger partial charge in [-0.15, -0.1) is 0 Å². The first kappa shape index (κ1) is 21.6. The Morgan fingerprint density at radius 2 is 1.03 bits per heavy atom. The first-order valence-electron chi connectivity index (χ1n) is 10.7. The van der Waals surface area contributed by atoms with Crippen molar-refractivity contribution in [2.45, 2.75) is 57.7 Å². The molecular weight excluding hydrogens is 562 g/mol. The van der Waals surface area contributed by atoms with E-state index in [4.69, 9.17) is 0 Å². The summed E-state index contributed by atoms with van der Waals surface area (Å²) in [5.41, 5.74) is 10.2. The molecule has 2 atom stereocenters. The molecule has 2 unspecified atom stereocenters. The predicted octanol–water partition coefficient (Wildman–Crippen LogP) is 0.810. The first-order valence-corrected chi connectivity index (χ1v) is 14.3. The van der Waals surface area contributed by atoms with Crippen LogP contribution in [0, 0.1) is 0 Å². The minimum absolute atomic E-state index is 0. The quantitative estimate of drug-likeness (QED) is 0.457. The fourth-order valence-corrected chi connectivity index (χ4v) is 16.3. The minimum atomic E-state index is -1.10. The molecule has 0 saturated heterocycles. The molecule has 0 nitrogen and oxygen atoms in total. The second-order valence-corrected chi connectivity index (χ2v) is 15.9. The van der Waals surface area contributed by atoms with E-state index in [0.29, 0.717) is 6.34 Å². The van der Waals surface area contributed by atoms with E-state index in [0.717, 1.165) is 0 Å². The molecular formula is C26H26Cl2Hf. The molecule has 0 amide bonds. The number of fused-ring (bicyclic) bond motifs is 6. The zero-order valence-electron chi connectivity index (χ0n) is 16.7. The van der Waals surface area contributed by atoms with E-state index in [1.54, 1.807) is 22.3 Å². The van der Waals surface area contributed by atoms with Gasteiger partial charge >= 0.3 is 175 Å². The van der Waals surface area contributed by atoms with Crippen LogP contribution < -0.4 is 24.8 Å².